The number of ether oxygens (including phenoxy) is 2. The van der Waals surface area contributed by atoms with Crippen molar-refractivity contribution < 1.29 is 27.4 Å². The highest BCUT2D eigenvalue weighted by Gasteiger charge is 2.47. The monoisotopic (exact) mass is 459 g/mol. The van der Waals surface area contributed by atoms with Crippen molar-refractivity contribution >= 4 is 5.97 Å². The summed E-state index contributed by atoms with van der Waals surface area (Å²) in [6.45, 7) is 7.59. The Labute approximate surface area is 191 Å². The van der Waals surface area contributed by atoms with Crippen LogP contribution in [0.4, 0.5) is 13.2 Å². The summed E-state index contributed by atoms with van der Waals surface area (Å²) in [7, 11) is 0. The van der Waals surface area contributed by atoms with Gasteiger partial charge in [0.25, 0.3) is 0 Å². The van der Waals surface area contributed by atoms with E-state index in [-0.39, 0.29) is 6.42 Å². The molecule has 0 saturated carbocycles. The molecule has 0 aliphatic rings. The molecule has 184 valence electrons. The van der Waals surface area contributed by atoms with Crippen LogP contribution in [0.3, 0.4) is 0 Å². The molecule has 1 aromatic carbocycles. The molecular formula is C25H40F3NO3. The van der Waals surface area contributed by atoms with E-state index in [1.165, 1.54) is 38.5 Å². The van der Waals surface area contributed by atoms with Crippen molar-refractivity contribution in [2.45, 2.75) is 109 Å². The first-order chi connectivity index (χ1) is 14.8. The van der Waals surface area contributed by atoms with Gasteiger partial charge in [-0.2, -0.15) is 13.2 Å². The van der Waals surface area contributed by atoms with Crippen LogP contribution >= 0.6 is 0 Å². The van der Waals surface area contributed by atoms with Gasteiger partial charge in [0.05, 0.1) is 13.0 Å². The number of benzene rings is 1. The number of hydrogen-bond donors (Lipinski definition) is 1. The molecule has 0 saturated heterocycles. The first-order valence-electron chi connectivity index (χ1n) is 11.7. The maximum atomic E-state index is 13.1. The Bertz CT molecular complexity index is 668. The van der Waals surface area contributed by atoms with Crippen LogP contribution in [0, 0.1) is 0 Å². The van der Waals surface area contributed by atoms with E-state index in [1.807, 2.05) is 0 Å². The molecule has 0 spiro atoms. The van der Waals surface area contributed by atoms with Crippen molar-refractivity contribution in [2.24, 2.45) is 5.73 Å². The Kier molecular flexibility index (Phi) is 11.5. The second-order valence-electron chi connectivity index (χ2n) is 9.59. The van der Waals surface area contributed by atoms with Crippen molar-refractivity contribution in [3.05, 3.63) is 29.8 Å². The number of halogens is 3. The van der Waals surface area contributed by atoms with Gasteiger partial charge in [-0.3, -0.25) is 4.79 Å². The van der Waals surface area contributed by atoms with Gasteiger partial charge in [0.15, 0.2) is 0 Å². The highest BCUT2D eigenvalue weighted by molar-refractivity contribution is 5.81. The van der Waals surface area contributed by atoms with Crippen LogP contribution in [0.5, 0.6) is 5.75 Å². The zero-order valence-corrected chi connectivity index (χ0v) is 20.0. The Morgan fingerprint density at radius 2 is 1.44 bits per heavy atom. The van der Waals surface area contributed by atoms with Crippen LogP contribution in [0.15, 0.2) is 24.3 Å². The summed E-state index contributed by atoms with van der Waals surface area (Å²) in [5.41, 5.74) is 3.34. The molecule has 1 aromatic rings. The highest BCUT2D eigenvalue weighted by atomic mass is 19.4. The molecule has 0 aliphatic heterocycles. The van der Waals surface area contributed by atoms with E-state index in [0.717, 1.165) is 12.8 Å². The Morgan fingerprint density at radius 3 is 1.94 bits per heavy atom. The van der Waals surface area contributed by atoms with Gasteiger partial charge in [-0.1, -0.05) is 64.0 Å². The second kappa shape index (κ2) is 13.1. The summed E-state index contributed by atoms with van der Waals surface area (Å²) in [4.78, 5) is 12.5. The molecule has 0 aromatic heterocycles. The largest absolute Gasteiger partial charge is 0.494 e. The fourth-order valence-corrected chi connectivity index (χ4v) is 3.44. The smallest absolute Gasteiger partial charge is 0.391 e. The van der Waals surface area contributed by atoms with Crippen LogP contribution in [0.25, 0.3) is 0 Å². The van der Waals surface area contributed by atoms with Crippen LogP contribution in [0.2, 0.25) is 0 Å². The molecule has 1 rings (SSSR count). The van der Waals surface area contributed by atoms with E-state index < -0.39 is 29.7 Å². The minimum atomic E-state index is -4.59. The molecule has 0 unspecified atom stereocenters. The third kappa shape index (κ3) is 12.3. The normalized spacial score (nSPS) is 14.1. The van der Waals surface area contributed by atoms with Crippen molar-refractivity contribution in [3.8, 4) is 5.75 Å². The van der Waals surface area contributed by atoms with Crippen LogP contribution in [-0.2, 0) is 16.0 Å². The van der Waals surface area contributed by atoms with Gasteiger partial charge in [-0.05, 0) is 44.9 Å². The first kappa shape index (κ1) is 28.3. The number of nitrogens with two attached hydrogens (primary N) is 1. The van der Waals surface area contributed by atoms with Crippen LogP contribution in [0.1, 0.15) is 91.0 Å². The third-order valence-corrected chi connectivity index (χ3v) is 5.03. The topological polar surface area (TPSA) is 61.5 Å². The maximum absolute atomic E-state index is 13.1. The summed E-state index contributed by atoms with van der Waals surface area (Å²) < 4.78 is 50.2. The molecule has 0 fully saturated rings. The molecule has 0 bridgehead atoms. The van der Waals surface area contributed by atoms with Gasteiger partial charge < -0.3 is 15.2 Å². The molecule has 0 aliphatic carbocycles. The summed E-state index contributed by atoms with van der Waals surface area (Å²) >= 11 is 0. The van der Waals surface area contributed by atoms with Gasteiger partial charge in [0.2, 0.25) is 0 Å². The van der Waals surface area contributed by atoms with Crippen molar-refractivity contribution in [1.29, 1.82) is 0 Å². The Hall–Kier alpha value is -1.76. The number of rotatable bonds is 14. The number of hydrogen-bond acceptors (Lipinski definition) is 4. The number of alkyl halides is 3. The fraction of sp³-hybridized carbons (Fsp3) is 0.720. The van der Waals surface area contributed by atoms with E-state index >= 15 is 0 Å². The molecular weight excluding hydrogens is 419 g/mol. The van der Waals surface area contributed by atoms with Crippen molar-refractivity contribution in [1.82, 2.24) is 0 Å². The molecule has 7 heteroatoms. The molecule has 0 heterocycles. The minimum absolute atomic E-state index is 0.278. The van der Waals surface area contributed by atoms with Gasteiger partial charge >= 0.3 is 12.1 Å². The SMILES string of the molecule is CCCCCCCCCCOc1ccc(C[C@@](N)(CC(F)(F)F)C(=O)OC(C)(C)C)cc1. The standard InChI is InChI=1S/C25H40F3NO3/c1-5-6-7-8-9-10-11-12-17-31-21-15-13-20(14-16-21)18-24(29,19-25(26,27)28)22(30)32-23(2,3)4/h13-16H,5-12,17-19,29H2,1-4H3/t24-/m1/s1. The first-order valence-corrected chi connectivity index (χ1v) is 11.7. The average Bonchev–Trinajstić information content (AvgIpc) is 2.65. The van der Waals surface area contributed by atoms with Gasteiger partial charge in [-0.25, -0.2) is 0 Å². The van der Waals surface area contributed by atoms with Gasteiger partial charge in [0, 0.05) is 6.42 Å². The predicted molar refractivity (Wildman–Crippen MR) is 122 cm³/mol. The maximum Gasteiger partial charge on any atom is 0.391 e. The number of unbranched alkanes of at least 4 members (excludes halogenated alkanes) is 7. The summed E-state index contributed by atoms with van der Waals surface area (Å²) in [5.74, 6) is -0.412. The summed E-state index contributed by atoms with van der Waals surface area (Å²) in [5, 5.41) is 0. The number of carbonyl (C=O) groups is 1. The average molecular weight is 460 g/mol. The molecule has 0 amide bonds. The lowest BCUT2D eigenvalue weighted by Crippen LogP contribution is -2.55. The van der Waals surface area contributed by atoms with Crippen molar-refractivity contribution in [2.75, 3.05) is 6.61 Å². The van der Waals surface area contributed by atoms with Crippen LogP contribution in [-0.4, -0.2) is 29.9 Å². The highest BCUT2D eigenvalue weighted by Crippen LogP contribution is 2.31. The Balaban J connectivity index is 2.57. The minimum Gasteiger partial charge on any atom is -0.494 e. The zero-order valence-electron chi connectivity index (χ0n) is 20.0. The molecule has 0 radical (unpaired) electrons. The quantitative estimate of drug-likeness (QED) is 0.247. The molecule has 1 atom stereocenters. The lowest BCUT2D eigenvalue weighted by Gasteiger charge is -2.32. The number of carbonyl (C=O) groups excluding carboxylic acids is 1. The molecule has 32 heavy (non-hydrogen) atoms. The molecule has 4 nitrogen and oxygen atoms in total. The predicted octanol–water partition coefficient (Wildman–Crippen LogP) is 6.74. The van der Waals surface area contributed by atoms with E-state index in [0.29, 0.717) is 17.9 Å². The van der Waals surface area contributed by atoms with E-state index in [2.05, 4.69) is 6.92 Å². The summed E-state index contributed by atoms with van der Waals surface area (Å²) in [6.07, 6.45) is 3.37. The fourth-order valence-electron chi connectivity index (χ4n) is 3.44. The van der Waals surface area contributed by atoms with E-state index in [4.69, 9.17) is 15.2 Å². The van der Waals surface area contributed by atoms with E-state index in [9.17, 15) is 18.0 Å². The zero-order chi connectivity index (χ0) is 24.3. The second-order valence-corrected chi connectivity index (χ2v) is 9.59. The number of esters is 1. The Morgan fingerprint density at radius 1 is 0.906 bits per heavy atom. The van der Waals surface area contributed by atoms with Crippen LogP contribution < -0.4 is 10.5 Å². The van der Waals surface area contributed by atoms with E-state index in [1.54, 1.807) is 45.0 Å². The third-order valence-electron chi connectivity index (χ3n) is 5.03. The summed E-state index contributed by atoms with van der Waals surface area (Å²) in [6, 6.07) is 6.68. The molecule has 2 N–H and O–H groups in total. The lowest BCUT2D eigenvalue weighted by atomic mass is 9.88. The van der Waals surface area contributed by atoms with Crippen molar-refractivity contribution in [3.63, 3.8) is 0 Å². The van der Waals surface area contributed by atoms with Gasteiger partial charge in [0.1, 0.15) is 16.9 Å². The van der Waals surface area contributed by atoms with Gasteiger partial charge in [-0.15, -0.1) is 0 Å². The lowest BCUT2D eigenvalue weighted by molar-refractivity contribution is -0.179.